The summed E-state index contributed by atoms with van der Waals surface area (Å²) < 4.78 is 10.6. The molecular formula is C22H30N2O6. The van der Waals surface area contributed by atoms with E-state index in [-0.39, 0.29) is 25.4 Å². The lowest BCUT2D eigenvalue weighted by atomic mass is 10.0. The van der Waals surface area contributed by atoms with Crippen LogP contribution in [0.15, 0.2) is 30.3 Å². The number of benzene rings is 1. The molecule has 0 radical (unpaired) electrons. The highest BCUT2D eigenvalue weighted by Crippen LogP contribution is 2.23. The molecule has 8 heteroatoms. The number of esters is 1. The van der Waals surface area contributed by atoms with E-state index in [2.05, 4.69) is 5.32 Å². The van der Waals surface area contributed by atoms with E-state index in [1.807, 2.05) is 30.3 Å². The van der Waals surface area contributed by atoms with Gasteiger partial charge in [0.05, 0.1) is 0 Å². The topological polar surface area (TPSA) is 102 Å². The van der Waals surface area contributed by atoms with Crippen LogP contribution in [-0.4, -0.2) is 46.5 Å². The molecule has 2 rings (SSSR count). The van der Waals surface area contributed by atoms with E-state index >= 15 is 0 Å². The summed E-state index contributed by atoms with van der Waals surface area (Å²) in [6.45, 7) is 8.66. The number of hydrogen-bond acceptors (Lipinski definition) is 6. The Hall–Kier alpha value is -2.90. The molecular weight excluding hydrogens is 388 g/mol. The predicted molar refractivity (Wildman–Crippen MR) is 109 cm³/mol. The first-order valence-corrected chi connectivity index (χ1v) is 10.1. The van der Waals surface area contributed by atoms with Gasteiger partial charge < -0.3 is 14.8 Å². The average molecular weight is 418 g/mol. The maximum atomic E-state index is 13.1. The summed E-state index contributed by atoms with van der Waals surface area (Å²) in [4.78, 5) is 51.2. The fraction of sp³-hybridized carbons (Fsp3) is 0.545. The lowest BCUT2D eigenvalue weighted by Crippen LogP contribution is -2.55. The summed E-state index contributed by atoms with van der Waals surface area (Å²) in [6.07, 6.45) is -0.506. The maximum absolute atomic E-state index is 13.1. The first-order valence-electron chi connectivity index (χ1n) is 10.1. The molecule has 0 spiro atoms. The minimum absolute atomic E-state index is 0.0517. The molecule has 1 N–H and O–H groups in total. The predicted octanol–water partition coefficient (Wildman–Crippen LogP) is 2.80. The van der Waals surface area contributed by atoms with E-state index in [4.69, 9.17) is 9.47 Å². The molecule has 0 aliphatic carbocycles. The van der Waals surface area contributed by atoms with Gasteiger partial charge in [0.25, 0.3) is 5.91 Å². The molecule has 8 nitrogen and oxygen atoms in total. The van der Waals surface area contributed by atoms with Crippen molar-refractivity contribution >= 4 is 23.9 Å². The molecule has 1 aromatic rings. The van der Waals surface area contributed by atoms with Crippen molar-refractivity contribution in [1.29, 1.82) is 0 Å². The molecule has 30 heavy (non-hydrogen) atoms. The number of carbonyl (C=O) groups is 4. The molecule has 164 valence electrons. The van der Waals surface area contributed by atoms with Crippen LogP contribution >= 0.6 is 0 Å². The second-order valence-electron chi connectivity index (χ2n) is 8.62. The zero-order chi connectivity index (χ0) is 22.5. The van der Waals surface area contributed by atoms with Crippen molar-refractivity contribution in [3.05, 3.63) is 35.9 Å². The Kier molecular flexibility index (Phi) is 7.59. The highest BCUT2D eigenvalue weighted by molar-refractivity contribution is 6.04. The molecule has 0 unspecified atom stereocenters. The highest BCUT2D eigenvalue weighted by atomic mass is 16.6. The Morgan fingerprint density at radius 1 is 1.17 bits per heavy atom. The van der Waals surface area contributed by atoms with E-state index in [0.29, 0.717) is 0 Å². The number of alkyl carbamates (subject to hydrolysis) is 1. The molecule has 0 aromatic heterocycles. The third-order valence-corrected chi connectivity index (χ3v) is 4.55. The number of likely N-dealkylation sites (tertiary alicyclic amines) is 1. The van der Waals surface area contributed by atoms with Crippen LogP contribution in [0.3, 0.4) is 0 Å². The number of nitrogens with one attached hydrogen (secondary N) is 1. The van der Waals surface area contributed by atoms with Crippen LogP contribution in [0.1, 0.15) is 53.0 Å². The van der Waals surface area contributed by atoms with Crippen molar-refractivity contribution in [3.8, 4) is 0 Å². The quantitative estimate of drug-likeness (QED) is 0.713. The van der Waals surface area contributed by atoms with Gasteiger partial charge in [-0.25, -0.2) is 9.59 Å². The summed E-state index contributed by atoms with van der Waals surface area (Å²) in [7, 11) is 0. The van der Waals surface area contributed by atoms with Crippen LogP contribution in [0.4, 0.5) is 4.79 Å². The first-order chi connectivity index (χ1) is 14.0. The third kappa shape index (κ3) is 6.30. The van der Waals surface area contributed by atoms with Crippen LogP contribution in [0.5, 0.6) is 0 Å². The number of imide groups is 1. The van der Waals surface area contributed by atoms with Gasteiger partial charge in [-0.2, -0.15) is 0 Å². The van der Waals surface area contributed by atoms with Crippen molar-refractivity contribution in [2.24, 2.45) is 5.92 Å². The second kappa shape index (κ2) is 9.73. The maximum Gasteiger partial charge on any atom is 0.408 e. The molecule has 0 saturated carbocycles. The van der Waals surface area contributed by atoms with Crippen molar-refractivity contribution in [2.45, 2.75) is 71.8 Å². The zero-order valence-electron chi connectivity index (χ0n) is 18.1. The second-order valence-corrected chi connectivity index (χ2v) is 8.62. The van der Waals surface area contributed by atoms with Gasteiger partial charge in [0.1, 0.15) is 24.3 Å². The van der Waals surface area contributed by atoms with Crippen molar-refractivity contribution in [3.63, 3.8) is 0 Å². The number of ether oxygens (including phenoxy) is 2. The van der Waals surface area contributed by atoms with Crippen molar-refractivity contribution in [1.82, 2.24) is 10.2 Å². The Labute approximate surface area is 176 Å². The minimum atomic E-state index is -1.01. The lowest BCUT2D eigenvalue weighted by Gasteiger charge is -2.29. The van der Waals surface area contributed by atoms with Gasteiger partial charge in [0, 0.05) is 6.42 Å². The number of amides is 3. The molecule has 2 atom stereocenters. The number of carbonyl (C=O) groups excluding carboxylic acids is 4. The molecule has 1 saturated heterocycles. The fourth-order valence-corrected chi connectivity index (χ4v) is 3.11. The normalized spacial score (nSPS) is 17.6. The Morgan fingerprint density at radius 2 is 1.80 bits per heavy atom. The SMILES string of the molecule is CC(C)[C@H](NC(=O)OC(C)(C)C)C(=O)N1C(=O)CC[C@H]1C(=O)OCc1ccccc1. The summed E-state index contributed by atoms with van der Waals surface area (Å²) in [6, 6.07) is 7.12. The van der Waals surface area contributed by atoms with Crippen molar-refractivity contribution < 1.29 is 28.7 Å². The fourth-order valence-electron chi connectivity index (χ4n) is 3.11. The van der Waals surface area contributed by atoms with Gasteiger partial charge in [-0.15, -0.1) is 0 Å². The van der Waals surface area contributed by atoms with Gasteiger partial charge in [-0.05, 0) is 38.7 Å². The highest BCUT2D eigenvalue weighted by Gasteiger charge is 2.44. The number of hydrogen-bond donors (Lipinski definition) is 1. The molecule has 1 aromatic carbocycles. The monoisotopic (exact) mass is 418 g/mol. The van der Waals surface area contributed by atoms with Crippen LogP contribution in [-0.2, 0) is 30.5 Å². The van der Waals surface area contributed by atoms with Gasteiger partial charge in [-0.3, -0.25) is 14.5 Å². The standard InChI is InChI=1S/C22H30N2O6/c1-14(2)18(23-21(28)30-22(3,4)5)19(26)24-16(11-12-17(24)25)20(27)29-13-15-9-7-6-8-10-15/h6-10,14,16,18H,11-13H2,1-5H3,(H,23,28)/t16-,18-/m0/s1. The van der Waals surface area contributed by atoms with E-state index < -0.39 is 41.6 Å². The Morgan fingerprint density at radius 3 is 2.37 bits per heavy atom. The Bertz CT molecular complexity index is 785. The first kappa shape index (κ1) is 23.4. The van der Waals surface area contributed by atoms with Gasteiger partial charge in [0.2, 0.25) is 5.91 Å². The van der Waals surface area contributed by atoms with Gasteiger partial charge >= 0.3 is 12.1 Å². The molecule has 1 fully saturated rings. The van der Waals surface area contributed by atoms with Crippen LogP contribution in [0.2, 0.25) is 0 Å². The van der Waals surface area contributed by atoms with E-state index in [1.54, 1.807) is 34.6 Å². The lowest BCUT2D eigenvalue weighted by molar-refractivity contribution is -0.159. The zero-order valence-corrected chi connectivity index (χ0v) is 18.1. The van der Waals surface area contributed by atoms with Gasteiger partial charge in [0.15, 0.2) is 0 Å². The molecule has 1 heterocycles. The minimum Gasteiger partial charge on any atom is -0.459 e. The van der Waals surface area contributed by atoms with Gasteiger partial charge in [-0.1, -0.05) is 44.2 Å². The van der Waals surface area contributed by atoms with Crippen LogP contribution in [0, 0.1) is 5.92 Å². The summed E-state index contributed by atoms with van der Waals surface area (Å²) >= 11 is 0. The van der Waals surface area contributed by atoms with E-state index in [0.717, 1.165) is 10.5 Å². The smallest absolute Gasteiger partial charge is 0.408 e. The third-order valence-electron chi connectivity index (χ3n) is 4.55. The summed E-state index contributed by atoms with van der Waals surface area (Å²) in [5, 5.41) is 2.53. The van der Waals surface area contributed by atoms with Crippen LogP contribution in [0.25, 0.3) is 0 Å². The number of nitrogens with zero attached hydrogens (tertiary/aromatic N) is 1. The van der Waals surface area contributed by atoms with Crippen molar-refractivity contribution in [2.75, 3.05) is 0 Å². The Balaban J connectivity index is 2.09. The molecule has 1 aliphatic rings. The van der Waals surface area contributed by atoms with Crippen LogP contribution < -0.4 is 5.32 Å². The summed E-state index contributed by atoms with van der Waals surface area (Å²) in [5.41, 5.74) is 0.0711. The average Bonchev–Trinajstić information content (AvgIpc) is 3.04. The van der Waals surface area contributed by atoms with E-state index in [1.165, 1.54) is 0 Å². The number of rotatable bonds is 6. The molecule has 3 amide bonds. The van der Waals surface area contributed by atoms with E-state index in [9.17, 15) is 19.2 Å². The molecule has 0 bridgehead atoms. The summed E-state index contributed by atoms with van der Waals surface area (Å²) in [5.74, 6) is -2.06. The largest absolute Gasteiger partial charge is 0.459 e. The molecule has 1 aliphatic heterocycles.